The molecular formula is C22H26O2Si2. The maximum absolute atomic E-state index is 12.8. The molecule has 2 aromatic carbocycles. The standard InChI is InChI=1S/C22H26O2Si2/c1-25(2,3)22-20-15-24-26(16-17(20)14-21(22)23,18-10-6-4-7-11-18)19-12-8-5-9-13-19/h4-13,17H,14-16H2,1-3H3. The van der Waals surface area contributed by atoms with E-state index in [2.05, 4.69) is 80.3 Å². The second kappa shape index (κ2) is 6.44. The summed E-state index contributed by atoms with van der Waals surface area (Å²) < 4.78 is 6.78. The van der Waals surface area contributed by atoms with Gasteiger partial charge in [0.05, 0.1) is 14.7 Å². The largest absolute Gasteiger partial charge is 0.404 e. The topological polar surface area (TPSA) is 26.3 Å². The molecule has 0 saturated carbocycles. The van der Waals surface area contributed by atoms with Crippen molar-refractivity contribution in [1.82, 2.24) is 0 Å². The van der Waals surface area contributed by atoms with Gasteiger partial charge in [-0.1, -0.05) is 80.3 Å². The Morgan fingerprint density at radius 3 is 1.96 bits per heavy atom. The zero-order valence-electron chi connectivity index (χ0n) is 15.8. The highest BCUT2D eigenvalue weighted by atomic mass is 28.4. The highest BCUT2D eigenvalue weighted by Crippen LogP contribution is 2.42. The number of allylic oxidation sites excluding steroid dienone is 1. The number of hydrogen-bond donors (Lipinski definition) is 0. The Hall–Kier alpha value is -1.76. The predicted molar refractivity (Wildman–Crippen MR) is 112 cm³/mol. The fraction of sp³-hybridized carbons (Fsp3) is 0.318. The van der Waals surface area contributed by atoms with Gasteiger partial charge in [0.25, 0.3) is 8.32 Å². The Morgan fingerprint density at radius 1 is 0.923 bits per heavy atom. The van der Waals surface area contributed by atoms with E-state index in [1.807, 2.05) is 0 Å². The third kappa shape index (κ3) is 2.86. The first-order chi connectivity index (χ1) is 12.4. The van der Waals surface area contributed by atoms with E-state index in [9.17, 15) is 4.79 Å². The number of ketones is 1. The van der Waals surface area contributed by atoms with Crippen LogP contribution in [0.4, 0.5) is 0 Å². The summed E-state index contributed by atoms with van der Waals surface area (Å²) in [7, 11) is -3.94. The van der Waals surface area contributed by atoms with E-state index in [1.165, 1.54) is 15.9 Å². The van der Waals surface area contributed by atoms with Crippen molar-refractivity contribution in [3.8, 4) is 0 Å². The van der Waals surface area contributed by atoms with Gasteiger partial charge >= 0.3 is 0 Å². The van der Waals surface area contributed by atoms with Crippen LogP contribution in [0, 0.1) is 5.92 Å². The summed E-state index contributed by atoms with van der Waals surface area (Å²) in [4.78, 5) is 12.8. The monoisotopic (exact) mass is 378 g/mol. The molecule has 1 atom stereocenters. The number of rotatable bonds is 3. The first kappa shape index (κ1) is 17.6. The predicted octanol–water partition coefficient (Wildman–Crippen LogP) is 3.54. The molecule has 1 aliphatic heterocycles. The molecule has 0 amide bonds. The van der Waals surface area contributed by atoms with Crippen molar-refractivity contribution >= 4 is 32.5 Å². The Bertz CT molecular complexity index is 811. The van der Waals surface area contributed by atoms with Crippen molar-refractivity contribution in [3.05, 3.63) is 71.4 Å². The van der Waals surface area contributed by atoms with Gasteiger partial charge in [-0.3, -0.25) is 4.79 Å². The summed E-state index contributed by atoms with van der Waals surface area (Å²) in [6.07, 6.45) is 0.687. The van der Waals surface area contributed by atoms with Crippen molar-refractivity contribution in [2.45, 2.75) is 32.1 Å². The summed E-state index contributed by atoms with van der Waals surface area (Å²) in [5.41, 5.74) is 1.32. The Morgan fingerprint density at radius 2 is 1.46 bits per heavy atom. The van der Waals surface area contributed by atoms with Crippen molar-refractivity contribution in [3.63, 3.8) is 0 Å². The summed E-state index contributed by atoms with van der Waals surface area (Å²) in [6.45, 7) is 7.47. The molecule has 1 saturated heterocycles. The number of Topliss-reactive ketones (excluding diaryl/α,β-unsaturated/α-hetero) is 1. The summed E-state index contributed by atoms with van der Waals surface area (Å²) in [6, 6.07) is 22.4. The van der Waals surface area contributed by atoms with Gasteiger partial charge in [0.15, 0.2) is 5.78 Å². The second-order valence-electron chi connectivity index (χ2n) is 8.53. The van der Waals surface area contributed by atoms with Crippen LogP contribution in [0.1, 0.15) is 6.42 Å². The summed E-state index contributed by atoms with van der Waals surface area (Å²) in [5, 5.41) is 3.80. The molecule has 26 heavy (non-hydrogen) atoms. The molecule has 2 aliphatic rings. The first-order valence-electron chi connectivity index (χ1n) is 9.43. The lowest BCUT2D eigenvalue weighted by atomic mass is 10.0. The number of carbonyl (C=O) groups excluding carboxylic acids is 1. The number of benzene rings is 2. The van der Waals surface area contributed by atoms with Crippen LogP contribution in [0.15, 0.2) is 71.4 Å². The van der Waals surface area contributed by atoms with Crippen LogP contribution in [0.2, 0.25) is 25.7 Å². The maximum atomic E-state index is 12.8. The van der Waals surface area contributed by atoms with Gasteiger partial charge in [-0.2, -0.15) is 0 Å². The molecule has 0 N–H and O–H groups in total. The number of carbonyl (C=O) groups is 1. The van der Waals surface area contributed by atoms with E-state index in [0.29, 0.717) is 24.7 Å². The quantitative estimate of drug-likeness (QED) is 0.764. The molecule has 0 radical (unpaired) electrons. The normalized spacial score (nSPS) is 22.4. The van der Waals surface area contributed by atoms with Crippen molar-refractivity contribution in [1.29, 1.82) is 0 Å². The zero-order valence-corrected chi connectivity index (χ0v) is 17.8. The lowest BCUT2D eigenvalue weighted by Gasteiger charge is -2.40. The molecule has 1 fully saturated rings. The SMILES string of the molecule is C[Si](C)(C)C1=C2CO[Si](c3ccccc3)(c3ccccc3)CC2CC1=O. The smallest absolute Gasteiger partial charge is 0.256 e. The zero-order chi connectivity index (χ0) is 18.4. The molecule has 0 spiro atoms. The molecule has 1 unspecified atom stereocenters. The number of hydrogen-bond acceptors (Lipinski definition) is 2. The fourth-order valence-corrected chi connectivity index (χ4v) is 11.1. The van der Waals surface area contributed by atoms with E-state index >= 15 is 0 Å². The first-order valence-corrected chi connectivity index (χ1v) is 15.0. The highest BCUT2D eigenvalue weighted by molar-refractivity contribution is 6.97. The van der Waals surface area contributed by atoms with Crippen LogP contribution >= 0.6 is 0 Å². The van der Waals surface area contributed by atoms with E-state index < -0.39 is 16.4 Å². The second-order valence-corrected chi connectivity index (χ2v) is 17.0. The lowest BCUT2D eigenvalue weighted by molar-refractivity contribution is -0.114. The van der Waals surface area contributed by atoms with Crippen LogP contribution in [0.25, 0.3) is 0 Å². The minimum absolute atomic E-state index is 0.366. The minimum atomic E-state index is -2.31. The Labute approximate surface area is 158 Å². The van der Waals surface area contributed by atoms with Crippen LogP contribution in [-0.4, -0.2) is 28.8 Å². The van der Waals surface area contributed by atoms with E-state index in [4.69, 9.17) is 4.43 Å². The third-order valence-electron chi connectivity index (χ3n) is 5.76. The molecule has 1 aliphatic carbocycles. The van der Waals surface area contributed by atoms with Gasteiger partial charge in [0.1, 0.15) is 0 Å². The fourth-order valence-electron chi connectivity index (χ4n) is 4.71. The van der Waals surface area contributed by atoms with Crippen molar-refractivity contribution < 1.29 is 9.22 Å². The van der Waals surface area contributed by atoms with Gasteiger partial charge in [-0.15, -0.1) is 0 Å². The molecule has 2 nitrogen and oxygen atoms in total. The van der Waals surface area contributed by atoms with Gasteiger partial charge in [-0.25, -0.2) is 0 Å². The van der Waals surface area contributed by atoms with Gasteiger partial charge < -0.3 is 4.43 Å². The van der Waals surface area contributed by atoms with E-state index in [-0.39, 0.29) is 0 Å². The van der Waals surface area contributed by atoms with Crippen molar-refractivity contribution in [2.75, 3.05) is 6.61 Å². The lowest BCUT2D eigenvalue weighted by Crippen LogP contribution is -2.63. The molecular weight excluding hydrogens is 352 g/mol. The van der Waals surface area contributed by atoms with Crippen LogP contribution < -0.4 is 10.4 Å². The summed E-state index contributed by atoms with van der Waals surface area (Å²) >= 11 is 0. The molecule has 0 aromatic heterocycles. The third-order valence-corrected chi connectivity index (χ3v) is 12.1. The van der Waals surface area contributed by atoms with Gasteiger partial charge in [0.2, 0.25) is 0 Å². The number of fused-ring (bicyclic) bond motifs is 1. The van der Waals surface area contributed by atoms with Crippen LogP contribution in [0.3, 0.4) is 0 Å². The molecule has 4 rings (SSSR count). The van der Waals surface area contributed by atoms with E-state index in [0.717, 1.165) is 11.2 Å². The molecule has 4 heteroatoms. The Kier molecular flexibility index (Phi) is 4.37. The minimum Gasteiger partial charge on any atom is -0.404 e. The van der Waals surface area contributed by atoms with Gasteiger partial charge in [0, 0.05) is 6.42 Å². The summed E-state index contributed by atoms with van der Waals surface area (Å²) in [5.74, 6) is 0.753. The van der Waals surface area contributed by atoms with E-state index in [1.54, 1.807) is 0 Å². The van der Waals surface area contributed by atoms with Crippen LogP contribution in [0.5, 0.6) is 0 Å². The molecule has 2 aromatic rings. The maximum Gasteiger partial charge on any atom is 0.256 e. The van der Waals surface area contributed by atoms with Crippen LogP contribution in [-0.2, 0) is 9.22 Å². The highest BCUT2D eigenvalue weighted by Gasteiger charge is 2.50. The Balaban J connectivity index is 1.81. The molecule has 134 valence electrons. The molecule has 1 heterocycles. The average Bonchev–Trinajstić information content (AvgIpc) is 2.98. The molecule has 0 bridgehead atoms. The van der Waals surface area contributed by atoms with Crippen molar-refractivity contribution in [2.24, 2.45) is 5.92 Å². The van der Waals surface area contributed by atoms with Gasteiger partial charge in [-0.05, 0) is 33.1 Å². The average molecular weight is 379 g/mol.